The second-order valence-corrected chi connectivity index (χ2v) is 8.49. The summed E-state index contributed by atoms with van der Waals surface area (Å²) >= 11 is 0. The maximum Gasteiger partial charge on any atom is 0.325 e. The number of amides is 3. The first-order valence-corrected chi connectivity index (χ1v) is 10.7. The minimum Gasteiger partial charge on any atom is -0.491 e. The predicted octanol–water partition coefficient (Wildman–Crippen LogP) is 2.79. The summed E-state index contributed by atoms with van der Waals surface area (Å²) in [5, 5.41) is 13.2. The van der Waals surface area contributed by atoms with E-state index >= 15 is 0 Å². The Morgan fingerprint density at radius 2 is 1.84 bits per heavy atom. The lowest BCUT2D eigenvalue weighted by molar-refractivity contribution is -0.132. The van der Waals surface area contributed by atoms with Gasteiger partial charge in [-0.3, -0.25) is 9.69 Å². The van der Waals surface area contributed by atoms with Crippen molar-refractivity contribution < 1.29 is 28.9 Å². The third kappa shape index (κ3) is 4.10. The molecule has 1 fully saturated rings. The first kappa shape index (κ1) is 22.0. The monoisotopic (exact) mass is 440 g/mol. The number of para-hydroxylation sites is 1. The van der Waals surface area contributed by atoms with Crippen LogP contribution in [0.2, 0.25) is 0 Å². The number of nitrogens with zero attached hydrogens (tertiary/aromatic N) is 1. The summed E-state index contributed by atoms with van der Waals surface area (Å²) in [4.78, 5) is 26.8. The Labute approximate surface area is 187 Å². The molecule has 2 aromatic rings. The number of nitrogens with one attached hydrogen (secondary N) is 1. The van der Waals surface area contributed by atoms with Gasteiger partial charge in [0.15, 0.2) is 11.5 Å². The van der Waals surface area contributed by atoms with Crippen LogP contribution in [0.25, 0.3) is 0 Å². The van der Waals surface area contributed by atoms with Crippen molar-refractivity contribution in [2.75, 3.05) is 26.4 Å². The van der Waals surface area contributed by atoms with Crippen molar-refractivity contribution in [3.8, 4) is 17.2 Å². The number of β-amino-alcohol motifs (C(OH)–C–C–N with tert-alkyl or cyclic N) is 1. The molecule has 1 saturated heterocycles. The molecule has 0 spiro atoms. The summed E-state index contributed by atoms with van der Waals surface area (Å²) in [6, 6.07) is 12.2. The molecule has 2 unspecified atom stereocenters. The van der Waals surface area contributed by atoms with E-state index in [-0.39, 0.29) is 19.1 Å². The number of urea groups is 1. The lowest BCUT2D eigenvalue weighted by Crippen LogP contribution is -2.42. The molecule has 4 rings (SSSR count). The third-order valence-corrected chi connectivity index (χ3v) is 5.76. The van der Waals surface area contributed by atoms with Gasteiger partial charge in [-0.1, -0.05) is 38.1 Å². The SMILES string of the molecule is CC(C)c1ccccc1OCC(O)CN1C(=O)NC(C)(c2ccc3c(c2)OCCO3)C1=O. The van der Waals surface area contributed by atoms with E-state index in [4.69, 9.17) is 14.2 Å². The fourth-order valence-electron chi connectivity index (χ4n) is 3.95. The molecular formula is C24H28N2O6. The van der Waals surface area contributed by atoms with E-state index in [1.54, 1.807) is 25.1 Å². The van der Waals surface area contributed by atoms with Crippen LogP contribution in [0.3, 0.4) is 0 Å². The Kier molecular flexibility index (Phi) is 5.97. The quantitative estimate of drug-likeness (QED) is 0.643. The van der Waals surface area contributed by atoms with E-state index in [0.29, 0.717) is 36.0 Å². The van der Waals surface area contributed by atoms with E-state index in [0.717, 1.165) is 10.5 Å². The maximum atomic E-state index is 13.2. The van der Waals surface area contributed by atoms with Crippen LogP contribution >= 0.6 is 0 Å². The normalized spacial score (nSPS) is 21.0. The molecule has 2 heterocycles. The summed E-state index contributed by atoms with van der Waals surface area (Å²) in [7, 11) is 0. The van der Waals surface area contributed by atoms with Gasteiger partial charge in [-0.05, 0) is 42.2 Å². The summed E-state index contributed by atoms with van der Waals surface area (Å²) in [6.07, 6.45) is -1.03. The smallest absolute Gasteiger partial charge is 0.325 e. The van der Waals surface area contributed by atoms with Gasteiger partial charge in [-0.2, -0.15) is 0 Å². The van der Waals surface area contributed by atoms with Crippen molar-refractivity contribution in [1.29, 1.82) is 0 Å². The third-order valence-electron chi connectivity index (χ3n) is 5.76. The molecule has 2 aromatic carbocycles. The number of benzene rings is 2. The van der Waals surface area contributed by atoms with Crippen LogP contribution in [0.4, 0.5) is 4.79 Å². The fourth-order valence-corrected chi connectivity index (χ4v) is 3.95. The van der Waals surface area contributed by atoms with E-state index < -0.39 is 23.6 Å². The number of rotatable bonds is 7. The standard InChI is InChI=1S/C24H28N2O6/c1-15(2)18-6-4-5-7-19(18)32-14-17(27)13-26-22(28)24(3,25-23(26)29)16-8-9-20-21(12-16)31-11-10-30-20/h4-9,12,15,17,27H,10-11,13-14H2,1-3H3,(H,25,29). The molecule has 0 bridgehead atoms. The lowest BCUT2D eigenvalue weighted by atomic mass is 9.91. The molecule has 0 radical (unpaired) electrons. The molecule has 0 aliphatic carbocycles. The highest BCUT2D eigenvalue weighted by molar-refractivity contribution is 6.07. The number of carbonyl (C=O) groups excluding carboxylic acids is 2. The van der Waals surface area contributed by atoms with Crippen LogP contribution in [0.15, 0.2) is 42.5 Å². The van der Waals surface area contributed by atoms with E-state index in [9.17, 15) is 14.7 Å². The van der Waals surface area contributed by atoms with Crippen molar-refractivity contribution in [2.24, 2.45) is 0 Å². The van der Waals surface area contributed by atoms with Gasteiger partial charge in [0.05, 0.1) is 6.54 Å². The Bertz CT molecular complexity index is 1020. The number of hydrogen-bond acceptors (Lipinski definition) is 6. The van der Waals surface area contributed by atoms with E-state index in [1.165, 1.54) is 0 Å². The number of fused-ring (bicyclic) bond motifs is 1. The second kappa shape index (κ2) is 8.70. The average molecular weight is 440 g/mol. The molecule has 2 aliphatic rings. The number of aliphatic hydroxyl groups is 1. The van der Waals surface area contributed by atoms with Gasteiger partial charge < -0.3 is 24.6 Å². The minimum atomic E-state index is -1.27. The van der Waals surface area contributed by atoms with Gasteiger partial charge in [0.2, 0.25) is 0 Å². The Morgan fingerprint density at radius 1 is 1.12 bits per heavy atom. The highest BCUT2D eigenvalue weighted by atomic mass is 16.6. The zero-order valence-corrected chi connectivity index (χ0v) is 18.5. The summed E-state index contributed by atoms with van der Waals surface area (Å²) < 4.78 is 16.9. The van der Waals surface area contributed by atoms with Gasteiger partial charge in [0.1, 0.15) is 37.2 Å². The van der Waals surface area contributed by atoms with Crippen molar-refractivity contribution in [1.82, 2.24) is 10.2 Å². The topological polar surface area (TPSA) is 97.3 Å². The summed E-state index contributed by atoms with van der Waals surface area (Å²) in [5.41, 5.74) is 0.345. The van der Waals surface area contributed by atoms with Crippen LogP contribution in [0, 0.1) is 0 Å². The van der Waals surface area contributed by atoms with Crippen LogP contribution in [0.1, 0.15) is 37.8 Å². The summed E-state index contributed by atoms with van der Waals surface area (Å²) in [6.45, 7) is 6.44. The molecule has 32 heavy (non-hydrogen) atoms. The Balaban J connectivity index is 1.44. The molecule has 0 saturated carbocycles. The molecule has 2 atom stereocenters. The summed E-state index contributed by atoms with van der Waals surface area (Å²) in [5.74, 6) is 1.64. The van der Waals surface area contributed by atoms with Crippen LogP contribution < -0.4 is 19.5 Å². The molecular weight excluding hydrogens is 412 g/mol. The van der Waals surface area contributed by atoms with Crippen LogP contribution in [-0.4, -0.2) is 54.4 Å². The zero-order valence-electron chi connectivity index (χ0n) is 18.5. The largest absolute Gasteiger partial charge is 0.491 e. The maximum absolute atomic E-state index is 13.2. The Hall–Kier alpha value is -3.26. The van der Waals surface area contributed by atoms with E-state index in [1.807, 2.05) is 24.3 Å². The molecule has 8 heteroatoms. The van der Waals surface area contributed by atoms with Crippen molar-refractivity contribution >= 4 is 11.9 Å². The van der Waals surface area contributed by atoms with E-state index in [2.05, 4.69) is 19.2 Å². The number of carbonyl (C=O) groups is 2. The number of aliphatic hydroxyl groups excluding tert-OH is 1. The number of imide groups is 1. The molecule has 8 nitrogen and oxygen atoms in total. The van der Waals surface area contributed by atoms with Crippen LogP contribution in [0.5, 0.6) is 17.2 Å². The van der Waals surface area contributed by atoms with Gasteiger partial charge in [-0.15, -0.1) is 0 Å². The van der Waals surface area contributed by atoms with Gasteiger partial charge in [0.25, 0.3) is 5.91 Å². The van der Waals surface area contributed by atoms with Gasteiger partial charge >= 0.3 is 6.03 Å². The number of hydrogen-bond donors (Lipinski definition) is 2. The lowest BCUT2D eigenvalue weighted by Gasteiger charge is -2.25. The van der Waals surface area contributed by atoms with Crippen molar-refractivity contribution in [3.63, 3.8) is 0 Å². The molecule has 170 valence electrons. The first-order valence-electron chi connectivity index (χ1n) is 10.7. The highest BCUT2D eigenvalue weighted by Crippen LogP contribution is 2.37. The van der Waals surface area contributed by atoms with Crippen molar-refractivity contribution in [2.45, 2.75) is 38.3 Å². The van der Waals surface area contributed by atoms with Gasteiger partial charge in [0, 0.05) is 0 Å². The second-order valence-electron chi connectivity index (χ2n) is 8.49. The van der Waals surface area contributed by atoms with Crippen LogP contribution in [-0.2, 0) is 10.3 Å². The highest BCUT2D eigenvalue weighted by Gasteiger charge is 2.49. The first-order chi connectivity index (χ1) is 15.3. The zero-order chi connectivity index (χ0) is 22.9. The Morgan fingerprint density at radius 3 is 2.59 bits per heavy atom. The fraction of sp³-hybridized carbons (Fsp3) is 0.417. The van der Waals surface area contributed by atoms with Crippen molar-refractivity contribution in [3.05, 3.63) is 53.6 Å². The van der Waals surface area contributed by atoms with Gasteiger partial charge in [-0.25, -0.2) is 4.79 Å². The molecule has 2 N–H and O–H groups in total. The molecule has 2 aliphatic heterocycles. The molecule has 3 amide bonds. The molecule has 0 aromatic heterocycles. The minimum absolute atomic E-state index is 0.0401. The predicted molar refractivity (Wildman–Crippen MR) is 117 cm³/mol. The number of ether oxygens (including phenoxy) is 3. The average Bonchev–Trinajstić information content (AvgIpc) is 3.01.